The van der Waals surface area contributed by atoms with Gasteiger partial charge in [0.15, 0.2) is 0 Å². The van der Waals surface area contributed by atoms with Crippen molar-refractivity contribution in [3.05, 3.63) is 64.7 Å². The first-order chi connectivity index (χ1) is 13.3. The lowest BCUT2D eigenvalue weighted by Crippen LogP contribution is -2.32. The van der Waals surface area contributed by atoms with E-state index in [2.05, 4.69) is 15.4 Å². The molecule has 148 valence electrons. The lowest BCUT2D eigenvalue weighted by molar-refractivity contribution is -0.121. The first kappa shape index (κ1) is 21.1. The molecule has 7 heteroatoms. The largest absolute Gasteiger partial charge is 0.434 e. The van der Waals surface area contributed by atoms with Crippen LogP contribution < -0.4 is 15.4 Å². The Balaban J connectivity index is 1.92. The second-order valence-electron chi connectivity index (χ2n) is 6.29. The molecule has 0 saturated heterocycles. The number of halogens is 2. The molecule has 0 aliphatic carbocycles. The Morgan fingerprint density at radius 2 is 1.75 bits per heavy atom. The third-order valence-corrected chi connectivity index (χ3v) is 3.91. The van der Waals surface area contributed by atoms with Crippen LogP contribution in [0.5, 0.6) is 5.75 Å². The van der Waals surface area contributed by atoms with E-state index >= 15 is 0 Å². The summed E-state index contributed by atoms with van der Waals surface area (Å²) in [5, 5.41) is 5.24. The maximum absolute atomic E-state index is 12.4. The first-order valence-corrected chi connectivity index (χ1v) is 8.63. The third kappa shape index (κ3) is 6.19. The molecule has 0 spiro atoms. The lowest BCUT2D eigenvalue weighted by atomic mass is 10.1. The summed E-state index contributed by atoms with van der Waals surface area (Å²) in [4.78, 5) is 24.0. The number of anilines is 1. The van der Waals surface area contributed by atoms with E-state index in [0.29, 0.717) is 5.56 Å². The Labute approximate surface area is 162 Å². The summed E-state index contributed by atoms with van der Waals surface area (Å²) in [6, 6.07) is 10.0. The summed E-state index contributed by atoms with van der Waals surface area (Å²) in [7, 11) is 0. The molecule has 0 bridgehead atoms. The Kier molecular flexibility index (Phi) is 7.26. The van der Waals surface area contributed by atoms with E-state index in [9.17, 15) is 18.4 Å². The van der Waals surface area contributed by atoms with E-state index < -0.39 is 12.5 Å². The van der Waals surface area contributed by atoms with Gasteiger partial charge >= 0.3 is 6.61 Å². The van der Waals surface area contributed by atoms with Gasteiger partial charge in [-0.2, -0.15) is 8.78 Å². The van der Waals surface area contributed by atoms with Crippen molar-refractivity contribution < 1.29 is 23.1 Å². The zero-order chi connectivity index (χ0) is 20.7. The predicted octanol–water partition coefficient (Wildman–Crippen LogP) is 3.98. The monoisotopic (exact) mass is 388 g/mol. The number of hydrogen-bond acceptors (Lipinski definition) is 3. The quantitative estimate of drug-likeness (QED) is 0.705. The van der Waals surface area contributed by atoms with E-state index in [1.807, 2.05) is 32.9 Å². The number of carbonyl (C=O) groups is 2. The molecular weight excluding hydrogens is 366 g/mol. The number of nitrogens with one attached hydrogen (secondary N) is 2. The number of ether oxygens (including phenoxy) is 1. The molecule has 2 N–H and O–H groups in total. The van der Waals surface area contributed by atoms with Gasteiger partial charge in [0.25, 0.3) is 0 Å². The number of carbonyl (C=O) groups excluding carboxylic acids is 2. The molecule has 0 saturated carbocycles. The van der Waals surface area contributed by atoms with Crippen molar-refractivity contribution in [3.8, 4) is 5.75 Å². The lowest BCUT2D eigenvalue weighted by Gasteiger charge is -2.13. The molecule has 0 fully saturated rings. The van der Waals surface area contributed by atoms with Crippen molar-refractivity contribution in [2.24, 2.45) is 0 Å². The van der Waals surface area contributed by atoms with Gasteiger partial charge in [-0.15, -0.1) is 0 Å². The molecule has 0 radical (unpaired) electrons. The molecular formula is C21H22F2N2O3. The highest BCUT2D eigenvalue weighted by molar-refractivity contribution is 5.98. The van der Waals surface area contributed by atoms with E-state index in [1.54, 1.807) is 12.1 Å². The topological polar surface area (TPSA) is 67.4 Å². The van der Waals surface area contributed by atoms with Gasteiger partial charge in [-0.25, -0.2) is 0 Å². The average Bonchev–Trinajstić information content (AvgIpc) is 2.61. The van der Waals surface area contributed by atoms with Crippen LogP contribution in [0, 0.1) is 20.8 Å². The van der Waals surface area contributed by atoms with Crippen LogP contribution in [0.3, 0.4) is 0 Å². The minimum absolute atomic E-state index is 0.0374. The van der Waals surface area contributed by atoms with Gasteiger partial charge < -0.3 is 15.4 Å². The molecule has 0 heterocycles. The van der Waals surface area contributed by atoms with Crippen molar-refractivity contribution >= 4 is 23.6 Å². The second kappa shape index (κ2) is 9.64. The van der Waals surface area contributed by atoms with Crippen LogP contribution in [-0.4, -0.2) is 25.0 Å². The van der Waals surface area contributed by atoms with Gasteiger partial charge in [0.05, 0.1) is 6.54 Å². The molecule has 28 heavy (non-hydrogen) atoms. The summed E-state index contributed by atoms with van der Waals surface area (Å²) in [6.45, 7) is 2.60. The molecule has 0 unspecified atom stereocenters. The molecule has 2 aromatic rings. The van der Waals surface area contributed by atoms with Gasteiger partial charge in [0.1, 0.15) is 5.75 Å². The fourth-order valence-corrected chi connectivity index (χ4v) is 2.77. The molecule has 2 aromatic carbocycles. The fourth-order valence-electron chi connectivity index (χ4n) is 2.77. The highest BCUT2D eigenvalue weighted by Gasteiger charge is 2.10. The van der Waals surface area contributed by atoms with Gasteiger partial charge in [-0.1, -0.05) is 35.9 Å². The summed E-state index contributed by atoms with van der Waals surface area (Å²) in [6.07, 6.45) is 2.50. The van der Waals surface area contributed by atoms with E-state index in [0.717, 1.165) is 28.5 Å². The van der Waals surface area contributed by atoms with E-state index in [-0.39, 0.29) is 18.2 Å². The van der Waals surface area contributed by atoms with Crippen molar-refractivity contribution in [2.75, 3.05) is 11.9 Å². The van der Waals surface area contributed by atoms with Gasteiger partial charge in [-0.3, -0.25) is 9.59 Å². The number of alkyl halides is 2. The first-order valence-electron chi connectivity index (χ1n) is 8.63. The maximum atomic E-state index is 12.4. The molecule has 0 aliphatic rings. The molecule has 0 aromatic heterocycles. The summed E-state index contributed by atoms with van der Waals surface area (Å²) >= 11 is 0. The molecule has 0 aliphatic heterocycles. The summed E-state index contributed by atoms with van der Waals surface area (Å²) in [5.41, 5.74) is 4.02. The predicted molar refractivity (Wildman–Crippen MR) is 104 cm³/mol. The number of benzene rings is 2. The standard InChI is InChI=1S/C21H22F2N2O3/c1-13-10-14(2)20(15(3)11-13)25-19(27)12-24-18(26)9-8-16-6-4-5-7-17(16)28-21(22)23/h4-11,21H,12H2,1-3H3,(H,24,26)(H,25,27)/b9-8+. The Bertz CT molecular complexity index is 872. The molecule has 2 rings (SSSR count). The molecule has 0 atom stereocenters. The zero-order valence-electron chi connectivity index (χ0n) is 15.9. The van der Waals surface area contributed by atoms with E-state index in [4.69, 9.17) is 0 Å². The van der Waals surface area contributed by atoms with Gasteiger partial charge in [0.2, 0.25) is 11.8 Å². The van der Waals surface area contributed by atoms with Crippen molar-refractivity contribution in [3.63, 3.8) is 0 Å². The van der Waals surface area contributed by atoms with Gasteiger partial charge in [-0.05, 0) is 44.0 Å². The molecule has 5 nitrogen and oxygen atoms in total. The highest BCUT2D eigenvalue weighted by atomic mass is 19.3. The smallest absolute Gasteiger partial charge is 0.387 e. The van der Waals surface area contributed by atoms with Crippen LogP contribution in [-0.2, 0) is 9.59 Å². The number of para-hydroxylation sites is 1. The SMILES string of the molecule is Cc1cc(C)c(NC(=O)CNC(=O)/C=C/c2ccccc2OC(F)F)c(C)c1. The second-order valence-corrected chi connectivity index (χ2v) is 6.29. The van der Waals surface area contributed by atoms with E-state index in [1.165, 1.54) is 18.2 Å². The molecule has 2 amide bonds. The minimum atomic E-state index is -2.96. The van der Waals surface area contributed by atoms with Crippen molar-refractivity contribution in [2.45, 2.75) is 27.4 Å². The maximum Gasteiger partial charge on any atom is 0.387 e. The number of amides is 2. The van der Waals surface area contributed by atoms with Crippen LogP contribution in [0.4, 0.5) is 14.5 Å². The summed E-state index contributed by atoms with van der Waals surface area (Å²) in [5.74, 6) is -0.929. The van der Waals surface area contributed by atoms with Crippen LogP contribution in [0.25, 0.3) is 6.08 Å². The van der Waals surface area contributed by atoms with Crippen LogP contribution in [0.15, 0.2) is 42.5 Å². The van der Waals surface area contributed by atoms with Crippen LogP contribution in [0.2, 0.25) is 0 Å². The zero-order valence-corrected chi connectivity index (χ0v) is 15.9. The van der Waals surface area contributed by atoms with Gasteiger partial charge in [0, 0.05) is 17.3 Å². The minimum Gasteiger partial charge on any atom is -0.434 e. The third-order valence-electron chi connectivity index (χ3n) is 3.91. The van der Waals surface area contributed by atoms with Crippen molar-refractivity contribution in [1.29, 1.82) is 0 Å². The van der Waals surface area contributed by atoms with Crippen LogP contribution in [0.1, 0.15) is 22.3 Å². The Hall–Kier alpha value is -3.22. The van der Waals surface area contributed by atoms with Crippen molar-refractivity contribution in [1.82, 2.24) is 5.32 Å². The summed E-state index contributed by atoms with van der Waals surface area (Å²) < 4.78 is 29.2. The Morgan fingerprint density at radius 3 is 2.39 bits per heavy atom. The average molecular weight is 388 g/mol. The fraction of sp³-hybridized carbons (Fsp3) is 0.238. The Morgan fingerprint density at radius 1 is 1.11 bits per heavy atom. The number of hydrogen-bond donors (Lipinski definition) is 2. The van der Waals surface area contributed by atoms with Crippen LogP contribution >= 0.6 is 0 Å². The number of aryl methyl sites for hydroxylation is 3. The normalized spacial score (nSPS) is 10.9. The number of rotatable bonds is 7. The highest BCUT2D eigenvalue weighted by Crippen LogP contribution is 2.22.